The molecule has 2 heterocycles. The molecule has 1 N–H and O–H groups in total. The summed E-state index contributed by atoms with van der Waals surface area (Å²) in [7, 11) is 2.01. The molecule has 1 aliphatic heterocycles. The van der Waals surface area contributed by atoms with Crippen LogP contribution < -0.4 is 9.80 Å². The molecule has 0 bridgehead atoms. The average molecular weight is 499 g/mol. The molecule has 1 fully saturated rings. The van der Waals surface area contributed by atoms with Crippen molar-refractivity contribution in [3.05, 3.63) is 101 Å². The molecule has 6 nitrogen and oxygen atoms in total. The quantitative estimate of drug-likeness (QED) is 0.348. The lowest BCUT2D eigenvalue weighted by atomic mass is 10.1. The first-order chi connectivity index (χ1) is 17.5. The first-order valence-corrected chi connectivity index (χ1v) is 13.0. The zero-order valence-corrected chi connectivity index (χ0v) is 21.2. The van der Waals surface area contributed by atoms with Crippen molar-refractivity contribution in [3.8, 4) is 11.3 Å². The molecule has 4 aromatic rings. The van der Waals surface area contributed by atoms with Crippen molar-refractivity contribution in [2.24, 2.45) is 0 Å². The predicted octanol–water partition coefficient (Wildman–Crippen LogP) is 5.47. The number of nitrogens with zero attached hydrogens (tertiary/aromatic N) is 4. The van der Waals surface area contributed by atoms with Crippen LogP contribution in [0.5, 0.6) is 0 Å². The topological polar surface area (TPSA) is 59.9 Å². The Bertz CT molecular complexity index is 1280. The molecular weight excluding hydrogens is 468 g/mol. The van der Waals surface area contributed by atoms with Crippen LogP contribution in [-0.2, 0) is 13.1 Å². The van der Waals surface area contributed by atoms with E-state index in [1.165, 1.54) is 11.3 Å². The van der Waals surface area contributed by atoms with E-state index in [1.807, 2.05) is 19.2 Å². The minimum atomic E-state index is -0.906. The van der Waals surface area contributed by atoms with Crippen LogP contribution >= 0.6 is 11.3 Å². The van der Waals surface area contributed by atoms with Crippen molar-refractivity contribution in [1.29, 1.82) is 0 Å². The molecule has 0 atom stereocenters. The molecule has 5 rings (SSSR count). The van der Waals surface area contributed by atoms with E-state index in [1.54, 1.807) is 23.5 Å². The fourth-order valence-electron chi connectivity index (χ4n) is 4.51. The van der Waals surface area contributed by atoms with Gasteiger partial charge in [-0.1, -0.05) is 54.6 Å². The maximum absolute atomic E-state index is 11.1. The second kappa shape index (κ2) is 10.9. The van der Waals surface area contributed by atoms with Gasteiger partial charge in [-0.05, 0) is 35.4 Å². The van der Waals surface area contributed by atoms with E-state index in [0.29, 0.717) is 12.1 Å². The standard InChI is InChI=1S/C29H30N4O2S/c1-31(19-22-9-13-25(14-10-22)28(34)35)29-30-27(21-36-29)24-11-7-23(8-12-24)20-32-15-17-33(18-16-32)26-5-3-2-4-6-26/h2-14,21H,15-20H2,1H3,(H,34,35). The molecule has 0 amide bonds. The number of carboxylic acid groups (broad SMARTS) is 1. The van der Waals surface area contributed by atoms with E-state index in [-0.39, 0.29) is 0 Å². The van der Waals surface area contributed by atoms with Gasteiger partial charge in [0, 0.05) is 62.9 Å². The number of anilines is 2. The molecule has 1 aromatic heterocycles. The van der Waals surface area contributed by atoms with Crippen LogP contribution in [0.2, 0.25) is 0 Å². The molecule has 3 aromatic carbocycles. The van der Waals surface area contributed by atoms with E-state index in [0.717, 1.165) is 54.7 Å². The Balaban J connectivity index is 1.15. The van der Waals surface area contributed by atoms with Gasteiger partial charge in [0.25, 0.3) is 0 Å². The Morgan fingerprint density at radius 3 is 2.25 bits per heavy atom. The SMILES string of the molecule is CN(Cc1ccc(C(=O)O)cc1)c1nc(-c2ccc(CN3CCN(c4ccccc4)CC3)cc2)cs1. The molecule has 36 heavy (non-hydrogen) atoms. The molecule has 7 heteroatoms. The van der Waals surface area contributed by atoms with Gasteiger partial charge in [0.2, 0.25) is 0 Å². The third kappa shape index (κ3) is 5.75. The summed E-state index contributed by atoms with van der Waals surface area (Å²) in [6, 6.07) is 26.4. The number of rotatable bonds is 8. The first-order valence-electron chi connectivity index (χ1n) is 12.2. The van der Waals surface area contributed by atoms with E-state index < -0.39 is 5.97 Å². The molecular formula is C29H30N4O2S. The Labute approximate surface area is 216 Å². The number of carboxylic acids is 1. The fraction of sp³-hybridized carbons (Fsp3) is 0.241. The lowest BCUT2D eigenvalue weighted by Crippen LogP contribution is -2.45. The lowest BCUT2D eigenvalue weighted by Gasteiger charge is -2.36. The highest BCUT2D eigenvalue weighted by Crippen LogP contribution is 2.28. The zero-order valence-electron chi connectivity index (χ0n) is 20.4. The molecule has 0 saturated carbocycles. The van der Waals surface area contributed by atoms with Gasteiger partial charge in [0.15, 0.2) is 5.13 Å². The van der Waals surface area contributed by atoms with Crippen LogP contribution in [-0.4, -0.2) is 54.2 Å². The monoisotopic (exact) mass is 498 g/mol. The minimum Gasteiger partial charge on any atom is -0.478 e. The van der Waals surface area contributed by atoms with E-state index >= 15 is 0 Å². The van der Waals surface area contributed by atoms with Crippen LogP contribution in [0.15, 0.2) is 84.2 Å². The Hall–Kier alpha value is -3.68. The Morgan fingerprint density at radius 1 is 0.917 bits per heavy atom. The second-order valence-corrected chi connectivity index (χ2v) is 10.0. The van der Waals surface area contributed by atoms with Crippen LogP contribution in [0.4, 0.5) is 10.8 Å². The van der Waals surface area contributed by atoms with Crippen molar-refractivity contribution in [1.82, 2.24) is 9.88 Å². The van der Waals surface area contributed by atoms with E-state index in [9.17, 15) is 4.79 Å². The number of carbonyl (C=O) groups is 1. The van der Waals surface area contributed by atoms with Gasteiger partial charge in [0.05, 0.1) is 11.3 Å². The molecule has 0 unspecified atom stereocenters. The highest BCUT2D eigenvalue weighted by Gasteiger charge is 2.17. The van der Waals surface area contributed by atoms with Crippen molar-refractivity contribution < 1.29 is 9.90 Å². The maximum atomic E-state index is 11.1. The lowest BCUT2D eigenvalue weighted by molar-refractivity contribution is 0.0697. The van der Waals surface area contributed by atoms with Crippen molar-refractivity contribution >= 4 is 28.1 Å². The molecule has 0 aliphatic carbocycles. The largest absolute Gasteiger partial charge is 0.478 e. The number of thiazole rings is 1. The molecule has 1 saturated heterocycles. The summed E-state index contributed by atoms with van der Waals surface area (Å²) in [6.07, 6.45) is 0. The fourth-order valence-corrected chi connectivity index (χ4v) is 5.31. The molecule has 184 valence electrons. The van der Waals surface area contributed by atoms with Gasteiger partial charge >= 0.3 is 5.97 Å². The number of piperazine rings is 1. The Kier molecular flexibility index (Phi) is 7.30. The van der Waals surface area contributed by atoms with Gasteiger partial charge in [-0.15, -0.1) is 11.3 Å². The first kappa shape index (κ1) is 24.0. The third-order valence-corrected chi connectivity index (χ3v) is 7.54. The summed E-state index contributed by atoms with van der Waals surface area (Å²) in [5, 5.41) is 12.1. The second-order valence-electron chi connectivity index (χ2n) is 9.17. The summed E-state index contributed by atoms with van der Waals surface area (Å²) < 4.78 is 0. The van der Waals surface area contributed by atoms with Gasteiger partial charge in [-0.3, -0.25) is 4.90 Å². The number of benzene rings is 3. The van der Waals surface area contributed by atoms with Gasteiger partial charge in [-0.25, -0.2) is 9.78 Å². The van der Waals surface area contributed by atoms with Crippen molar-refractivity contribution in [3.63, 3.8) is 0 Å². The van der Waals surface area contributed by atoms with Crippen molar-refractivity contribution in [2.75, 3.05) is 43.0 Å². The van der Waals surface area contributed by atoms with Crippen LogP contribution in [0.3, 0.4) is 0 Å². The molecule has 0 radical (unpaired) electrons. The summed E-state index contributed by atoms with van der Waals surface area (Å²) in [5.74, 6) is -0.906. The van der Waals surface area contributed by atoms with Crippen LogP contribution in [0.1, 0.15) is 21.5 Å². The third-order valence-electron chi connectivity index (χ3n) is 6.59. The minimum absolute atomic E-state index is 0.302. The summed E-state index contributed by atoms with van der Waals surface area (Å²) in [4.78, 5) is 23.0. The highest BCUT2D eigenvalue weighted by molar-refractivity contribution is 7.14. The van der Waals surface area contributed by atoms with E-state index in [2.05, 4.69) is 74.7 Å². The summed E-state index contributed by atoms with van der Waals surface area (Å²) in [5.41, 5.74) is 6.08. The molecule has 1 aliphatic rings. The number of aromatic carboxylic acids is 1. The number of para-hydroxylation sites is 1. The van der Waals surface area contributed by atoms with Crippen molar-refractivity contribution in [2.45, 2.75) is 13.1 Å². The predicted molar refractivity (Wildman–Crippen MR) is 147 cm³/mol. The number of aromatic nitrogens is 1. The smallest absolute Gasteiger partial charge is 0.335 e. The van der Waals surface area contributed by atoms with Crippen LogP contribution in [0.25, 0.3) is 11.3 Å². The maximum Gasteiger partial charge on any atom is 0.335 e. The van der Waals surface area contributed by atoms with Gasteiger partial charge in [-0.2, -0.15) is 0 Å². The van der Waals surface area contributed by atoms with Gasteiger partial charge in [0.1, 0.15) is 0 Å². The Morgan fingerprint density at radius 2 is 1.58 bits per heavy atom. The van der Waals surface area contributed by atoms with E-state index in [4.69, 9.17) is 10.1 Å². The summed E-state index contributed by atoms with van der Waals surface area (Å²) in [6.45, 7) is 5.88. The van der Waals surface area contributed by atoms with Crippen LogP contribution in [0, 0.1) is 0 Å². The number of hydrogen-bond acceptors (Lipinski definition) is 6. The number of hydrogen-bond donors (Lipinski definition) is 1. The van der Waals surface area contributed by atoms with Gasteiger partial charge < -0.3 is 14.9 Å². The normalized spacial score (nSPS) is 14.1. The average Bonchev–Trinajstić information content (AvgIpc) is 3.41. The highest BCUT2D eigenvalue weighted by atomic mass is 32.1. The summed E-state index contributed by atoms with van der Waals surface area (Å²) >= 11 is 1.62. The molecule has 0 spiro atoms. The zero-order chi connectivity index (χ0) is 24.9.